The molecule has 1 heterocycles. The zero-order valence-electron chi connectivity index (χ0n) is 12.8. The molecule has 114 valence electrons. The van der Waals surface area contributed by atoms with Crippen LogP contribution in [0.15, 0.2) is 42.5 Å². The fourth-order valence-electron chi connectivity index (χ4n) is 2.59. The molecule has 2 atom stereocenters. The molecule has 0 fully saturated rings. The Labute approximate surface area is 129 Å². The molecule has 1 amide bonds. The van der Waals surface area contributed by atoms with E-state index in [1.165, 1.54) is 0 Å². The third-order valence-corrected chi connectivity index (χ3v) is 4.27. The van der Waals surface area contributed by atoms with Crippen molar-refractivity contribution >= 4 is 27.6 Å². The van der Waals surface area contributed by atoms with Crippen molar-refractivity contribution in [2.75, 3.05) is 6.61 Å². The van der Waals surface area contributed by atoms with E-state index in [0.717, 1.165) is 21.7 Å². The quantitative estimate of drug-likeness (QED) is 0.693. The van der Waals surface area contributed by atoms with Crippen molar-refractivity contribution in [1.82, 2.24) is 10.3 Å². The topological polar surface area (TPSA) is 65.1 Å². The smallest absolute Gasteiger partial charge is 0.267 e. The number of fused-ring (bicyclic) bond motifs is 3. The average Bonchev–Trinajstić information content (AvgIpc) is 2.98. The largest absolute Gasteiger partial charge is 0.396 e. The zero-order chi connectivity index (χ0) is 15.7. The number of aromatic amines is 1. The Hall–Kier alpha value is -2.33. The summed E-state index contributed by atoms with van der Waals surface area (Å²) in [6, 6.07) is 14.0. The van der Waals surface area contributed by atoms with Crippen LogP contribution in [-0.4, -0.2) is 28.6 Å². The van der Waals surface area contributed by atoms with Crippen LogP contribution in [-0.2, 0) is 0 Å². The number of benzene rings is 2. The summed E-state index contributed by atoms with van der Waals surface area (Å²) in [4.78, 5) is 15.5. The third kappa shape index (κ3) is 2.57. The molecule has 0 aliphatic rings. The van der Waals surface area contributed by atoms with Crippen molar-refractivity contribution < 1.29 is 9.90 Å². The minimum atomic E-state index is -0.145. The standard InChI is InChI=1S/C18H20N2O2/c1-11(10-21)12(2)19-18(22)17-9-15-14-6-4-3-5-13(14)7-8-16(15)20-17/h3-9,11-12,20-21H,10H2,1-2H3,(H,19,22). The van der Waals surface area contributed by atoms with Crippen molar-refractivity contribution in [1.29, 1.82) is 0 Å². The number of aliphatic hydroxyl groups is 1. The van der Waals surface area contributed by atoms with Gasteiger partial charge >= 0.3 is 0 Å². The van der Waals surface area contributed by atoms with Crippen molar-refractivity contribution in [3.63, 3.8) is 0 Å². The lowest BCUT2D eigenvalue weighted by Crippen LogP contribution is -2.38. The molecule has 0 saturated carbocycles. The van der Waals surface area contributed by atoms with Crippen molar-refractivity contribution in [3.05, 3.63) is 48.2 Å². The van der Waals surface area contributed by atoms with Crippen LogP contribution in [0.3, 0.4) is 0 Å². The van der Waals surface area contributed by atoms with Gasteiger partial charge in [0, 0.05) is 23.6 Å². The molecule has 0 aliphatic carbocycles. The Morgan fingerprint density at radius 1 is 1.18 bits per heavy atom. The molecule has 0 saturated heterocycles. The first-order valence-electron chi connectivity index (χ1n) is 7.52. The number of hydrogen-bond donors (Lipinski definition) is 3. The second-order valence-corrected chi connectivity index (χ2v) is 5.85. The van der Waals surface area contributed by atoms with Gasteiger partial charge in [0.15, 0.2) is 0 Å². The SMILES string of the molecule is CC(CO)C(C)NC(=O)c1cc2c(ccc3ccccc32)[nH]1. The summed E-state index contributed by atoms with van der Waals surface area (Å²) >= 11 is 0. The van der Waals surface area contributed by atoms with Crippen LogP contribution in [0.1, 0.15) is 24.3 Å². The third-order valence-electron chi connectivity index (χ3n) is 4.27. The summed E-state index contributed by atoms with van der Waals surface area (Å²) in [5.41, 5.74) is 1.50. The normalized spacial score (nSPS) is 14.1. The van der Waals surface area contributed by atoms with Gasteiger partial charge in [-0.2, -0.15) is 0 Å². The molecule has 1 aromatic heterocycles. The lowest BCUT2D eigenvalue weighted by Gasteiger charge is -2.18. The number of aromatic nitrogens is 1. The van der Waals surface area contributed by atoms with Crippen LogP contribution < -0.4 is 5.32 Å². The number of nitrogens with one attached hydrogen (secondary N) is 2. The molecule has 3 N–H and O–H groups in total. The first-order chi connectivity index (χ1) is 10.6. The molecule has 2 unspecified atom stereocenters. The first-order valence-corrected chi connectivity index (χ1v) is 7.52. The van der Waals surface area contributed by atoms with Gasteiger partial charge in [0.2, 0.25) is 0 Å². The second-order valence-electron chi connectivity index (χ2n) is 5.85. The van der Waals surface area contributed by atoms with E-state index in [2.05, 4.69) is 22.4 Å². The maximum Gasteiger partial charge on any atom is 0.267 e. The van der Waals surface area contributed by atoms with Crippen LogP contribution in [0, 0.1) is 5.92 Å². The van der Waals surface area contributed by atoms with Crippen molar-refractivity contribution in [2.45, 2.75) is 19.9 Å². The Kier molecular flexibility index (Phi) is 3.86. The van der Waals surface area contributed by atoms with Gasteiger partial charge in [0.25, 0.3) is 5.91 Å². The van der Waals surface area contributed by atoms with Gasteiger partial charge in [-0.15, -0.1) is 0 Å². The fraction of sp³-hybridized carbons (Fsp3) is 0.278. The van der Waals surface area contributed by atoms with Crippen LogP contribution >= 0.6 is 0 Å². The highest BCUT2D eigenvalue weighted by Crippen LogP contribution is 2.25. The number of H-pyrrole nitrogens is 1. The predicted octanol–water partition coefficient (Wildman–Crippen LogP) is 3.07. The summed E-state index contributed by atoms with van der Waals surface area (Å²) in [6.45, 7) is 3.86. The fourth-order valence-corrected chi connectivity index (χ4v) is 2.59. The first kappa shape index (κ1) is 14.6. The van der Waals surface area contributed by atoms with Gasteiger partial charge in [-0.25, -0.2) is 0 Å². The minimum Gasteiger partial charge on any atom is -0.396 e. The molecule has 0 radical (unpaired) electrons. The van der Waals surface area contributed by atoms with E-state index in [1.54, 1.807) is 0 Å². The Bertz CT molecular complexity index is 822. The van der Waals surface area contributed by atoms with E-state index in [1.807, 2.05) is 44.2 Å². The number of amides is 1. The van der Waals surface area contributed by atoms with Gasteiger partial charge in [-0.1, -0.05) is 37.3 Å². The summed E-state index contributed by atoms with van der Waals surface area (Å²) < 4.78 is 0. The van der Waals surface area contributed by atoms with Crippen molar-refractivity contribution in [3.8, 4) is 0 Å². The number of carbonyl (C=O) groups excluding carboxylic acids is 1. The summed E-state index contributed by atoms with van der Waals surface area (Å²) in [5.74, 6) is -0.123. The molecule has 0 bridgehead atoms. The summed E-state index contributed by atoms with van der Waals surface area (Å²) in [7, 11) is 0. The Morgan fingerprint density at radius 3 is 2.73 bits per heavy atom. The second kappa shape index (κ2) is 5.81. The van der Waals surface area contributed by atoms with Crippen LogP contribution in [0.5, 0.6) is 0 Å². The maximum absolute atomic E-state index is 12.4. The molecule has 2 aromatic carbocycles. The molecule has 3 aromatic rings. The van der Waals surface area contributed by atoms with E-state index >= 15 is 0 Å². The van der Waals surface area contributed by atoms with E-state index in [4.69, 9.17) is 5.11 Å². The average molecular weight is 296 g/mol. The highest BCUT2D eigenvalue weighted by atomic mass is 16.3. The van der Waals surface area contributed by atoms with Crippen LogP contribution in [0.25, 0.3) is 21.7 Å². The van der Waals surface area contributed by atoms with Gasteiger partial charge in [0.1, 0.15) is 5.69 Å². The highest BCUT2D eigenvalue weighted by molar-refractivity contribution is 6.09. The van der Waals surface area contributed by atoms with Crippen LogP contribution in [0.2, 0.25) is 0 Å². The van der Waals surface area contributed by atoms with Gasteiger partial charge in [-0.3, -0.25) is 4.79 Å². The number of rotatable bonds is 4. The molecular weight excluding hydrogens is 276 g/mol. The number of aliphatic hydroxyl groups excluding tert-OH is 1. The molecule has 0 aliphatic heterocycles. The zero-order valence-corrected chi connectivity index (χ0v) is 12.8. The van der Waals surface area contributed by atoms with Crippen molar-refractivity contribution in [2.24, 2.45) is 5.92 Å². The van der Waals surface area contributed by atoms with E-state index in [0.29, 0.717) is 5.69 Å². The van der Waals surface area contributed by atoms with E-state index in [9.17, 15) is 4.79 Å². The van der Waals surface area contributed by atoms with E-state index in [-0.39, 0.29) is 24.5 Å². The van der Waals surface area contributed by atoms with Crippen LogP contribution in [0.4, 0.5) is 0 Å². The van der Waals surface area contributed by atoms with Gasteiger partial charge in [0.05, 0.1) is 0 Å². The summed E-state index contributed by atoms with van der Waals surface area (Å²) in [5, 5.41) is 15.4. The molecule has 0 spiro atoms. The lowest BCUT2D eigenvalue weighted by molar-refractivity contribution is 0.0912. The summed E-state index contributed by atoms with van der Waals surface area (Å²) in [6.07, 6.45) is 0. The van der Waals surface area contributed by atoms with Gasteiger partial charge < -0.3 is 15.4 Å². The van der Waals surface area contributed by atoms with Gasteiger partial charge in [-0.05, 0) is 35.7 Å². The highest BCUT2D eigenvalue weighted by Gasteiger charge is 2.17. The minimum absolute atomic E-state index is 0.0224. The number of carbonyl (C=O) groups is 1. The predicted molar refractivity (Wildman–Crippen MR) is 89.0 cm³/mol. The number of hydrogen-bond acceptors (Lipinski definition) is 2. The molecule has 3 rings (SSSR count). The molecule has 4 nitrogen and oxygen atoms in total. The maximum atomic E-state index is 12.4. The Morgan fingerprint density at radius 2 is 1.95 bits per heavy atom. The monoisotopic (exact) mass is 296 g/mol. The van der Waals surface area contributed by atoms with E-state index < -0.39 is 0 Å². The Balaban J connectivity index is 1.95. The molecule has 22 heavy (non-hydrogen) atoms. The molecular formula is C18H20N2O2. The lowest BCUT2D eigenvalue weighted by atomic mass is 10.0. The molecule has 4 heteroatoms.